The molecule has 0 bridgehead atoms. The van der Waals surface area contributed by atoms with Gasteiger partial charge in [-0.1, -0.05) is 11.1 Å². The van der Waals surface area contributed by atoms with E-state index < -0.39 is 0 Å². The van der Waals surface area contributed by atoms with Gasteiger partial charge in [-0.25, -0.2) is 0 Å². The van der Waals surface area contributed by atoms with Crippen molar-refractivity contribution in [3.63, 3.8) is 0 Å². The fourth-order valence-corrected chi connectivity index (χ4v) is 0.696. The van der Waals surface area contributed by atoms with Crippen molar-refractivity contribution in [3.05, 3.63) is 6.42 Å². The Labute approximate surface area is 67.6 Å². The van der Waals surface area contributed by atoms with Crippen LogP contribution in [-0.2, 0) is 4.84 Å². The first-order valence-electron chi connectivity index (χ1n) is 3.77. The number of oxime groups is 1. The Bertz CT molecular complexity index is 183. The Kier molecular flexibility index (Phi) is 3.54. The molecular formula is C9H12NO. The fraction of sp³-hybridized carbons (Fsp3) is 0.556. The van der Waals surface area contributed by atoms with Crippen LogP contribution in [0.4, 0.5) is 0 Å². The molecule has 1 rings (SSSR count). The van der Waals surface area contributed by atoms with Crippen LogP contribution in [0.3, 0.4) is 0 Å². The minimum atomic E-state index is 0.695. The Morgan fingerprint density at radius 1 is 1.73 bits per heavy atom. The Morgan fingerprint density at radius 3 is 3.18 bits per heavy atom. The summed E-state index contributed by atoms with van der Waals surface area (Å²) in [4.78, 5) is 4.48. The molecule has 0 heterocycles. The van der Waals surface area contributed by atoms with Gasteiger partial charge in [0.2, 0.25) is 0 Å². The lowest BCUT2D eigenvalue weighted by Crippen LogP contribution is -1.74. The lowest BCUT2D eigenvalue weighted by atomic mass is 10.3. The van der Waals surface area contributed by atoms with Gasteiger partial charge in [0.15, 0.2) is 0 Å². The van der Waals surface area contributed by atoms with E-state index in [1.165, 1.54) is 13.5 Å². The SMILES string of the molecule is CON=CCC#CCC1[CH]C1. The largest absolute Gasteiger partial charge is 0.399 e. The highest BCUT2D eigenvalue weighted by Crippen LogP contribution is 2.29. The third-order valence-corrected chi connectivity index (χ3v) is 1.43. The van der Waals surface area contributed by atoms with Crippen LogP contribution in [0.1, 0.15) is 19.3 Å². The smallest absolute Gasteiger partial charge is 0.106 e. The van der Waals surface area contributed by atoms with E-state index in [2.05, 4.69) is 28.3 Å². The second kappa shape index (κ2) is 4.79. The summed E-state index contributed by atoms with van der Waals surface area (Å²) in [6.45, 7) is 0. The highest BCUT2D eigenvalue weighted by atomic mass is 16.6. The zero-order valence-electron chi connectivity index (χ0n) is 6.71. The predicted molar refractivity (Wildman–Crippen MR) is 44.9 cm³/mol. The van der Waals surface area contributed by atoms with Crippen LogP contribution >= 0.6 is 0 Å². The van der Waals surface area contributed by atoms with Gasteiger partial charge < -0.3 is 4.84 Å². The molecule has 1 atom stereocenters. The highest BCUT2D eigenvalue weighted by Gasteiger charge is 2.19. The molecule has 0 aromatic carbocycles. The maximum atomic E-state index is 4.48. The first-order valence-corrected chi connectivity index (χ1v) is 3.77. The van der Waals surface area contributed by atoms with Crippen LogP contribution in [0, 0.1) is 24.2 Å². The van der Waals surface area contributed by atoms with Gasteiger partial charge in [-0.2, -0.15) is 0 Å². The van der Waals surface area contributed by atoms with E-state index in [1.807, 2.05) is 0 Å². The summed E-state index contributed by atoms with van der Waals surface area (Å²) < 4.78 is 0. The summed E-state index contributed by atoms with van der Waals surface area (Å²) in [6, 6.07) is 0. The normalized spacial score (nSPS) is 16.1. The zero-order valence-corrected chi connectivity index (χ0v) is 6.71. The van der Waals surface area contributed by atoms with Crippen LogP contribution in [0.5, 0.6) is 0 Å². The van der Waals surface area contributed by atoms with Gasteiger partial charge in [0.25, 0.3) is 0 Å². The fourth-order valence-electron chi connectivity index (χ4n) is 0.696. The molecule has 0 N–H and O–H groups in total. The third kappa shape index (κ3) is 4.44. The summed E-state index contributed by atoms with van der Waals surface area (Å²) in [7, 11) is 1.53. The molecule has 0 aliphatic heterocycles. The molecule has 1 fully saturated rings. The predicted octanol–water partition coefficient (Wildman–Crippen LogP) is 1.63. The average molecular weight is 150 g/mol. The second-order valence-electron chi connectivity index (χ2n) is 2.46. The lowest BCUT2D eigenvalue weighted by Gasteiger charge is -1.81. The van der Waals surface area contributed by atoms with Crippen molar-refractivity contribution in [3.8, 4) is 11.8 Å². The van der Waals surface area contributed by atoms with Gasteiger partial charge in [-0.15, -0.1) is 5.92 Å². The van der Waals surface area contributed by atoms with Gasteiger partial charge in [-0.05, 0) is 18.8 Å². The minimum absolute atomic E-state index is 0.695. The van der Waals surface area contributed by atoms with Crippen molar-refractivity contribution in [2.45, 2.75) is 19.3 Å². The van der Waals surface area contributed by atoms with Crippen molar-refractivity contribution in [2.75, 3.05) is 7.11 Å². The maximum absolute atomic E-state index is 4.48. The van der Waals surface area contributed by atoms with Gasteiger partial charge in [0.1, 0.15) is 7.11 Å². The molecular weight excluding hydrogens is 138 g/mol. The maximum Gasteiger partial charge on any atom is 0.106 e. The molecule has 0 aromatic heterocycles. The van der Waals surface area contributed by atoms with E-state index in [0.717, 1.165) is 12.3 Å². The van der Waals surface area contributed by atoms with E-state index in [4.69, 9.17) is 0 Å². The average Bonchev–Trinajstić information content (AvgIpc) is 2.80. The van der Waals surface area contributed by atoms with Crippen molar-refractivity contribution in [1.29, 1.82) is 0 Å². The van der Waals surface area contributed by atoms with Gasteiger partial charge >= 0.3 is 0 Å². The molecule has 0 amide bonds. The number of rotatable bonds is 3. The molecule has 11 heavy (non-hydrogen) atoms. The van der Waals surface area contributed by atoms with Gasteiger partial charge in [-0.3, -0.25) is 0 Å². The summed E-state index contributed by atoms with van der Waals surface area (Å²) >= 11 is 0. The monoisotopic (exact) mass is 150 g/mol. The molecule has 1 unspecified atom stereocenters. The molecule has 1 saturated carbocycles. The van der Waals surface area contributed by atoms with Crippen LogP contribution in [-0.4, -0.2) is 13.3 Å². The van der Waals surface area contributed by atoms with Gasteiger partial charge in [0.05, 0.1) is 6.21 Å². The first-order chi connectivity index (χ1) is 5.43. The van der Waals surface area contributed by atoms with Crippen molar-refractivity contribution < 1.29 is 4.84 Å². The molecule has 1 aliphatic rings. The van der Waals surface area contributed by atoms with Crippen LogP contribution in [0.2, 0.25) is 0 Å². The second-order valence-corrected chi connectivity index (χ2v) is 2.46. The lowest BCUT2D eigenvalue weighted by molar-refractivity contribution is 0.215. The number of hydrogen-bond donors (Lipinski definition) is 0. The molecule has 1 aliphatic carbocycles. The van der Waals surface area contributed by atoms with Crippen molar-refractivity contribution in [1.82, 2.24) is 0 Å². The molecule has 0 saturated heterocycles. The van der Waals surface area contributed by atoms with E-state index in [1.54, 1.807) is 6.21 Å². The molecule has 2 heteroatoms. The van der Waals surface area contributed by atoms with Crippen molar-refractivity contribution >= 4 is 6.21 Å². The molecule has 0 aromatic rings. The Balaban J connectivity index is 1.97. The van der Waals surface area contributed by atoms with E-state index in [-0.39, 0.29) is 0 Å². The van der Waals surface area contributed by atoms with E-state index in [0.29, 0.717) is 6.42 Å². The molecule has 2 nitrogen and oxygen atoms in total. The number of hydrogen-bond acceptors (Lipinski definition) is 2. The number of nitrogens with zero attached hydrogens (tertiary/aromatic N) is 1. The van der Waals surface area contributed by atoms with Crippen LogP contribution < -0.4 is 0 Å². The van der Waals surface area contributed by atoms with E-state index >= 15 is 0 Å². The summed E-state index contributed by atoms with van der Waals surface area (Å²) in [5.74, 6) is 6.85. The highest BCUT2D eigenvalue weighted by molar-refractivity contribution is 5.60. The Morgan fingerprint density at radius 2 is 2.55 bits per heavy atom. The summed E-state index contributed by atoms with van der Waals surface area (Å²) in [6.07, 6.45) is 6.91. The van der Waals surface area contributed by atoms with Gasteiger partial charge in [0, 0.05) is 12.8 Å². The topological polar surface area (TPSA) is 21.6 Å². The standard InChI is InChI=1S/C9H12NO/c1-11-10-8-4-2-3-5-9-6-7-9/h6,8-9H,4-5,7H2,1H3. The van der Waals surface area contributed by atoms with Crippen LogP contribution in [0.15, 0.2) is 5.16 Å². The zero-order chi connectivity index (χ0) is 7.94. The van der Waals surface area contributed by atoms with Crippen LogP contribution in [0.25, 0.3) is 0 Å². The quantitative estimate of drug-likeness (QED) is 0.340. The van der Waals surface area contributed by atoms with Crippen molar-refractivity contribution in [2.24, 2.45) is 11.1 Å². The molecule has 59 valence electrons. The third-order valence-electron chi connectivity index (χ3n) is 1.43. The molecule has 0 spiro atoms. The first kappa shape index (κ1) is 8.13. The summed E-state index contributed by atoms with van der Waals surface area (Å²) in [5, 5.41) is 3.57. The minimum Gasteiger partial charge on any atom is -0.399 e. The molecule has 1 radical (unpaired) electrons. The van der Waals surface area contributed by atoms with E-state index in [9.17, 15) is 0 Å². The Hall–Kier alpha value is -0.970. The summed E-state index contributed by atoms with van der Waals surface area (Å²) in [5.41, 5.74) is 0.